The molecule has 0 bridgehead atoms. The molecule has 1 aliphatic rings. The molecule has 0 aromatic heterocycles. The Morgan fingerprint density at radius 2 is 0.654 bits per heavy atom. The Morgan fingerprint density at radius 3 is 0.885 bits per heavy atom. The van der Waals surface area contributed by atoms with Crippen molar-refractivity contribution in [3.63, 3.8) is 0 Å². The summed E-state index contributed by atoms with van der Waals surface area (Å²) in [5, 5.41) is 0. The Morgan fingerprint density at radius 1 is 0.404 bits per heavy atom. The lowest BCUT2D eigenvalue weighted by atomic mass is 9.12. The highest BCUT2D eigenvalue weighted by Crippen LogP contribution is 2.27. The monoisotopic (exact) mass is 763 g/mol. The third-order valence-corrected chi connectivity index (χ3v) is 9.42. The minimum absolute atomic E-state index is 0.731. The summed E-state index contributed by atoms with van der Waals surface area (Å²) in [5.41, 5.74) is -10.9. The summed E-state index contributed by atoms with van der Waals surface area (Å²) in [6, 6.07) is -1.92. The Balaban J connectivity index is 0.000000470. The molecule has 0 amide bonds. The lowest BCUT2D eigenvalue weighted by molar-refractivity contribution is -0.923. The van der Waals surface area contributed by atoms with E-state index in [0.29, 0.717) is 0 Å². The molecule has 1 aliphatic carbocycles. The molecule has 4 aromatic rings. The van der Waals surface area contributed by atoms with Crippen molar-refractivity contribution in [3.05, 3.63) is 117 Å². The zero-order valence-corrected chi connectivity index (χ0v) is 27.0. The number of halogens is 16. The number of rotatable bonds is 7. The van der Waals surface area contributed by atoms with Crippen LogP contribution in [-0.2, 0) is 0 Å². The Kier molecular flexibility index (Phi) is 12.3. The standard InChI is InChI=1S/C24H4BF16.C10H21N/c26-5-1-9(30)17(34)21(38)13(5)25(14-6(27)2-10(31)18(35)22(14)39,15-7(28)3-11(32)19(36)23(15)40)16-8(29)4-12(33)20(37)24(16)41;1-3-11(4-2)10-8-6-5-7-9-10/h1-4H;10H,3-9H2,1-2H3/q-1;/p+1. The molecule has 0 saturated heterocycles. The maximum absolute atomic E-state index is 15.3. The summed E-state index contributed by atoms with van der Waals surface area (Å²) in [7, 11) is 0. The van der Waals surface area contributed by atoms with Crippen LogP contribution >= 0.6 is 0 Å². The van der Waals surface area contributed by atoms with Gasteiger partial charge < -0.3 is 4.90 Å². The van der Waals surface area contributed by atoms with Crippen molar-refractivity contribution in [3.8, 4) is 0 Å². The van der Waals surface area contributed by atoms with Crippen LogP contribution in [0.3, 0.4) is 0 Å². The Labute approximate surface area is 285 Å². The maximum Gasteiger partial charge on any atom is 0.191 e. The summed E-state index contributed by atoms with van der Waals surface area (Å²) < 4.78 is 235. The SMILES string of the molecule is CC[NH+](CC)C1CCCCC1.Fc1cc(F)c([B-](c2c(F)cc(F)c(F)c2F)(c2c(F)cc(F)c(F)c2F)c2c(F)cc(F)c(F)c2F)c(F)c1F. The lowest BCUT2D eigenvalue weighted by Gasteiger charge is -2.44. The molecular weight excluding hydrogens is 737 g/mol. The van der Waals surface area contributed by atoms with Crippen molar-refractivity contribution >= 4 is 28.0 Å². The quantitative estimate of drug-likeness (QED) is 0.0946. The van der Waals surface area contributed by atoms with Crippen LogP contribution in [-0.4, -0.2) is 25.3 Å². The molecule has 4 aromatic carbocycles. The zero-order valence-electron chi connectivity index (χ0n) is 27.0. The molecule has 1 N–H and O–H groups in total. The van der Waals surface area contributed by atoms with Crippen LogP contribution in [0, 0.1) is 93.1 Å². The van der Waals surface area contributed by atoms with Gasteiger partial charge in [-0.15, -0.1) is 21.9 Å². The van der Waals surface area contributed by atoms with E-state index in [1.54, 1.807) is 0 Å². The fourth-order valence-corrected chi connectivity index (χ4v) is 7.11. The van der Waals surface area contributed by atoms with Crippen molar-refractivity contribution in [1.29, 1.82) is 0 Å². The summed E-state index contributed by atoms with van der Waals surface area (Å²) in [6.07, 6.45) is 1.23. The zero-order chi connectivity index (χ0) is 39.0. The molecule has 282 valence electrons. The van der Waals surface area contributed by atoms with Gasteiger partial charge in [0.25, 0.3) is 0 Å². The van der Waals surface area contributed by atoms with Gasteiger partial charge in [-0.25, -0.2) is 70.2 Å². The minimum Gasteiger partial charge on any atom is -0.333 e. The van der Waals surface area contributed by atoms with Gasteiger partial charge in [0.2, 0.25) is 0 Å². The number of quaternary nitrogens is 1. The molecule has 52 heavy (non-hydrogen) atoms. The van der Waals surface area contributed by atoms with Gasteiger partial charge in [0.05, 0.1) is 42.4 Å². The topological polar surface area (TPSA) is 4.44 Å². The van der Waals surface area contributed by atoms with Crippen LogP contribution in [0.2, 0.25) is 0 Å². The number of hydrogen-bond donors (Lipinski definition) is 1. The van der Waals surface area contributed by atoms with Crippen molar-refractivity contribution in [2.75, 3.05) is 13.1 Å². The van der Waals surface area contributed by atoms with Crippen LogP contribution in [0.5, 0.6) is 0 Å². The summed E-state index contributed by atoms with van der Waals surface area (Å²) in [6.45, 7) is 7.27. The average Bonchev–Trinajstić information content (AvgIpc) is 3.09. The van der Waals surface area contributed by atoms with Gasteiger partial charge in [-0.3, -0.25) is 0 Å². The molecule has 0 atom stereocenters. The van der Waals surface area contributed by atoms with E-state index < -0.39 is 145 Å². The molecule has 18 heteroatoms. The average molecular weight is 763 g/mol. The van der Waals surface area contributed by atoms with E-state index in [9.17, 15) is 35.1 Å². The molecule has 0 unspecified atom stereocenters. The highest BCUT2D eigenvalue weighted by Gasteiger charge is 2.49. The minimum atomic E-state index is -6.18. The molecule has 0 radical (unpaired) electrons. The molecule has 1 saturated carbocycles. The first-order valence-corrected chi connectivity index (χ1v) is 15.7. The van der Waals surface area contributed by atoms with E-state index in [-0.39, 0.29) is 0 Å². The van der Waals surface area contributed by atoms with Crippen LogP contribution < -0.4 is 26.8 Å². The number of nitrogens with one attached hydrogen (secondary N) is 1. The molecule has 1 nitrogen and oxygen atoms in total. The molecular formula is C34H26BF16N. The molecule has 5 rings (SSSR count). The maximum atomic E-state index is 15.3. The summed E-state index contributed by atoms with van der Waals surface area (Å²) >= 11 is 0. The molecule has 1 fully saturated rings. The Bertz CT molecular complexity index is 1730. The van der Waals surface area contributed by atoms with Gasteiger partial charge in [-0.1, -0.05) is 6.42 Å². The Hall–Kier alpha value is -4.22. The van der Waals surface area contributed by atoms with Crippen LogP contribution in [0.4, 0.5) is 70.2 Å². The van der Waals surface area contributed by atoms with Gasteiger partial charge in [0, 0.05) is 24.3 Å². The molecule has 0 spiro atoms. The van der Waals surface area contributed by atoms with Crippen molar-refractivity contribution < 1.29 is 75.1 Å². The van der Waals surface area contributed by atoms with Gasteiger partial charge >= 0.3 is 0 Å². The molecule has 0 heterocycles. The van der Waals surface area contributed by atoms with E-state index in [1.807, 2.05) is 4.90 Å². The fourth-order valence-electron chi connectivity index (χ4n) is 7.11. The second-order valence-electron chi connectivity index (χ2n) is 12.1. The van der Waals surface area contributed by atoms with Crippen LogP contribution in [0.25, 0.3) is 0 Å². The first-order chi connectivity index (χ1) is 24.4. The van der Waals surface area contributed by atoms with E-state index in [1.165, 1.54) is 45.2 Å². The first-order valence-electron chi connectivity index (χ1n) is 15.7. The highest BCUT2D eigenvalue weighted by atomic mass is 19.2. The number of benzene rings is 4. The van der Waals surface area contributed by atoms with Crippen LogP contribution in [0.15, 0.2) is 24.3 Å². The van der Waals surface area contributed by atoms with Crippen molar-refractivity contribution in [1.82, 2.24) is 0 Å². The van der Waals surface area contributed by atoms with Gasteiger partial charge in [-0.05, 0) is 39.5 Å². The first kappa shape index (κ1) is 40.6. The lowest BCUT2D eigenvalue weighted by Crippen LogP contribution is -3.15. The smallest absolute Gasteiger partial charge is 0.191 e. The summed E-state index contributed by atoms with van der Waals surface area (Å²) in [4.78, 5) is 1.82. The third kappa shape index (κ3) is 6.85. The van der Waals surface area contributed by atoms with Gasteiger partial charge in [0.1, 0.15) is 29.4 Å². The van der Waals surface area contributed by atoms with E-state index >= 15 is 35.1 Å². The number of hydrogen-bond acceptors (Lipinski definition) is 0. The second kappa shape index (κ2) is 15.8. The van der Waals surface area contributed by atoms with Gasteiger partial charge in [0.15, 0.2) is 46.5 Å². The third-order valence-electron chi connectivity index (χ3n) is 9.42. The predicted octanol–water partition coefficient (Wildman–Crippen LogP) is 6.53. The van der Waals surface area contributed by atoms with Crippen LogP contribution in [0.1, 0.15) is 46.0 Å². The molecule has 0 aliphatic heterocycles. The summed E-state index contributed by atoms with van der Waals surface area (Å²) in [5.74, 6) is -45.1. The predicted molar refractivity (Wildman–Crippen MR) is 158 cm³/mol. The fraction of sp³-hybridized carbons (Fsp3) is 0.294. The van der Waals surface area contributed by atoms with E-state index in [0.717, 1.165) is 6.04 Å². The van der Waals surface area contributed by atoms with E-state index in [4.69, 9.17) is 0 Å². The normalized spacial score (nSPS) is 13.8. The van der Waals surface area contributed by atoms with Gasteiger partial charge in [-0.2, -0.15) is 0 Å². The second-order valence-corrected chi connectivity index (χ2v) is 12.1. The highest BCUT2D eigenvalue weighted by molar-refractivity contribution is 7.20. The van der Waals surface area contributed by atoms with Crippen molar-refractivity contribution in [2.24, 2.45) is 0 Å². The largest absolute Gasteiger partial charge is 0.333 e. The van der Waals surface area contributed by atoms with Crippen molar-refractivity contribution in [2.45, 2.75) is 52.0 Å². The van der Waals surface area contributed by atoms with E-state index in [2.05, 4.69) is 13.8 Å².